The fraction of sp³-hybridized carbons (Fsp3) is 0.904. The number of allylic oxidation sites excluding steroid dienone is 2. The first kappa shape index (κ1) is 62.2. The Balaban J connectivity index is 4.69. The quantitative estimate of drug-likeness (QED) is 0.0197. The normalized spacial score (nSPS) is 13.5. The highest BCUT2D eigenvalue weighted by atomic mass is 31.2. The van der Waals surface area contributed by atoms with Crippen LogP contribution in [0.3, 0.4) is 0 Å². The largest absolute Gasteiger partial charge is 0.472 e. The average Bonchev–Trinajstić information content (AvgIpc) is 3.28. The fourth-order valence-corrected chi connectivity index (χ4v) is 8.36. The van der Waals surface area contributed by atoms with Crippen molar-refractivity contribution in [2.75, 3.05) is 26.4 Å². The highest BCUT2D eigenvalue weighted by molar-refractivity contribution is 7.47. The summed E-state index contributed by atoms with van der Waals surface area (Å²) >= 11 is 0. The lowest BCUT2D eigenvalue weighted by Gasteiger charge is -2.21. The van der Waals surface area contributed by atoms with Crippen molar-refractivity contribution in [1.82, 2.24) is 0 Å². The molecule has 12 heteroatoms. The summed E-state index contributed by atoms with van der Waals surface area (Å²) in [5.41, 5.74) is 0. The van der Waals surface area contributed by atoms with Gasteiger partial charge < -0.3 is 24.2 Å². The van der Waals surface area contributed by atoms with Crippen LogP contribution >= 0.6 is 7.82 Å². The number of aliphatic hydroxyl groups excluding tert-OH is 1. The van der Waals surface area contributed by atoms with E-state index in [9.17, 15) is 28.9 Å². The number of phosphoric ester groups is 1. The predicted molar refractivity (Wildman–Crippen MR) is 261 cm³/mol. The van der Waals surface area contributed by atoms with Crippen LogP contribution in [0.1, 0.15) is 265 Å². The summed E-state index contributed by atoms with van der Waals surface area (Å²) in [5, 5.41) is 9.75. The molecule has 0 aromatic carbocycles. The van der Waals surface area contributed by atoms with Crippen LogP contribution in [0.4, 0.5) is 0 Å². The molecular weight excluding hydrogens is 832 g/mol. The predicted octanol–water partition coefficient (Wildman–Crippen LogP) is 14.9. The third-order valence-corrected chi connectivity index (χ3v) is 12.6. The lowest BCUT2D eigenvalue weighted by molar-refractivity contribution is -0.161. The van der Waals surface area contributed by atoms with Gasteiger partial charge in [-0.1, -0.05) is 219 Å². The van der Waals surface area contributed by atoms with E-state index < -0.39 is 57.8 Å². The van der Waals surface area contributed by atoms with E-state index in [1.165, 1.54) is 128 Å². The van der Waals surface area contributed by atoms with Crippen LogP contribution in [0.5, 0.6) is 0 Å². The highest BCUT2D eigenvalue weighted by Crippen LogP contribution is 2.43. The molecule has 0 radical (unpaired) electrons. The maximum atomic E-state index is 12.8. The maximum absolute atomic E-state index is 12.8. The lowest BCUT2D eigenvalue weighted by Crippen LogP contribution is -2.30. The van der Waals surface area contributed by atoms with Crippen molar-refractivity contribution in [2.24, 2.45) is 0 Å². The monoisotopic (exact) mass is 931 g/mol. The molecule has 0 saturated heterocycles. The number of rotatable bonds is 50. The molecule has 0 aliphatic rings. The van der Waals surface area contributed by atoms with Crippen molar-refractivity contribution >= 4 is 25.7 Å². The van der Waals surface area contributed by atoms with Gasteiger partial charge in [0.2, 0.25) is 0 Å². The smallest absolute Gasteiger partial charge is 0.462 e. The second kappa shape index (κ2) is 47.7. The molecule has 11 nitrogen and oxygen atoms in total. The molecule has 3 unspecified atom stereocenters. The molecule has 0 aromatic heterocycles. The molecule has 64 heavy (non-hydrogen) atoms. The Kier molecular flexibility index (Phi) is 46.4. The van der Waals surface area contributed by atoms with Gasteiger partial charge >= 0.3 is 25.7 Å². The van der Waals surface area contributed by atoms with Gasteiger partial charge in [0.1, 0.15) is 12.7 Å². The summed E-state index contributed by atoms with van der Waals surface area (Å²) in [5.74, 6) is -1.45. The Labute approximate surface area is 392 Å². The molecule has 3 atom stereocenters. The molecule has 0 aliphatic heterocycles. The Morgan fingerprint density at radius 2 is 0.734 bits per heavy atom. The van der Waals surface area contributed by atoms with Crippen molar-refractivity contribution in [3.63, 3.8) is 0 Å². The number of hydrogen-bond donors (Lipinski definition) is 2. The Morgan fingerprint density at radius 1 is 0.422 bits per heavy atom. The van der Waals surface area contributed by atoms with Crippen molar-refractivity contribution in [1.29, 1.82) is 0 Å². The first-order valence-corrected chi connectivity index (χ1v) is 28.1. The van der Waals surface area contributed by atoms with Gasteiger partial charge in [0.25, 0.3) is 0 Å². The lowest BCUT2D eigenvalue weighted by atomic mass is 10.0. The van der Waals surface area contributed by atoms with Crippen molar-refractivity contribution < 1.29 is 52.2 Å². The molecule has 0 heterocycles. The van der Waals surface area contributed by atoms with Gasteiger partial charge in [0.15, 0.2) is 6.10 Å². The van der Waals surface area contributed by atoms with Crippen LogP contribution in [0.2, 0.25) is 0 Å². The molecule has 2 N–H and O–H groups in total. The van der Waals surface area contributed by atoms with Crippen LogP contribution in [0.15, 0.2) is 12.2 Å². The van der Waals surface area contributed by atoms with Gasteiger partial charge in [-0.2, -0.15) is 0 Å². The third kappa shape index (κ3) is 45.4. The molecule has 0 fully saturated rings. The van der Waals surface area contributed by atoms with Crippen LogP contribution in [0, 0.1) is 0 Å². The minimum atomic E-state index is -4.73. The summed E-state index contributed by atoms with van der Waals surface area (Å²) in [7, 11) is -4.73. The summed E-state index contributed by atoms with van der Waals surface area (Å²) in [4.78, 5) is 48.2. The van der Waals surface area contributed by atoms with Gasteiger partial charge in [-0.3, -0.25) is 23.4 Å². The minimum Gasteiger partial charge on any atom is -0.462 e. The minimum absolute atomic E-state index is 0.172. The second-order valence-electron chi connectivity index (χ2n) is 18.1. The third-order valence-electron chi connectivity index (χ3n) is 11.7. The highest BCUT2D eigenvalue weighted by Gasteiger charge is 2.28. The molecule has 0 aliphatic carbocycles. The van der Waals surface area contributed by atoms with Gasteiger partial charge in [-0.25, -0.2) is 4.57 Å². The van der Waals surface area contributed by atoms with E-state index in [0.717, 1.165) is 77.0 Å². The number of unbranched alkanes of at least 4 members (excludes halogenated alkanes) is 31. The molecule has 0 amide bonds. The molecule has 0 aromatic rings. The average molecular weight is 931 g/mol. The van der Waals surface area contributed by atoms with E-state index in [4.69, 9.17) is 23.3 Å². The number of hydrogen-bond acceptors (Lipinski definition) is 10. The van der Waals surface area contributed by atoms with Crippen molar-refractivity contribution in [3.05, 3.63) is 12.2 Å². The van der Waals surface area contributed by atoms with Gasteiger partial charge in [-0.05, 0) is 38.5 Å². The SMILES string of the molecule is CCCC/C=C\CCCCCCCC(=O)OC(CO)COP(=O)(O)OCC(COC(=O)CCCCCCCCCCCCC)OC(=O)CCCCCCCCCCCCCCCCC. The fourth-order valence-electron chi connectivity index (χ4n) is 7.57. The zero-order valence-electron chi connectivity index (χ0n) is 41.5. The number of carbonyl (C=O) groups excluding carboxylic acids is 3. The topological polar surface area (TPSA) is 155 Å². The number of carbonyl (C=O) groups is 3. The van der Waals surface area contributed by atoms with Crippen LogP contribution in [-0.4, -0.2) is 66.5 Å². The first-order chi connectivity index (χ1) is 31.2. The van der Waals surface area contributed by atoms with E-state index >= 15 is 0 Å². The standard InChI is InChI=1S/C52H99O11P/c1-4-7-10-13-16-19-22-23-24-25-28-31-34-37-40-43-52(56)63-49(45-59-50(54)41-38-35-32-29-26-20-17-14-11-8-5-2)47-61-64(57,58)60-46-48(44-53)62-51(55)42-39-36-33-30-27-21-18-15-12-9-6-3/h15,18,48-49,53H,4-14,16-17,19-47H2,1-3H3,(H,57,58)/b18-15-. The molecule has 0 spiro atoms. The summed E-state index contributed by atoms with van der Waals surface area (Å²) in [6.45, 7) is 4.61. The van der Waals surface area contributed by atoms with E-state index in [1.807, 2.05) is 0 Å². The maximum Gasteiger partial charge on any atom is 0.472 e. The van der Waals surface area contributed by atoms with Gasteiger partial charge in [0, 0.05) is 19.3 Å². The number of ether oxygens (including phenoxy) is 3. The Morgan fingerprint density at radius 3 is 1.12 bits per heavy atom. The number of phosphoric acid groups is 1. The zero-order valence-corrected chi connectivity index (χ0v) is 42.4. The van der Waals surface area contributed by atoms with Crippen molar-refractivity contribution in [2.45, 2.75) is 277 Å². The molecule has 378 valence electrons. The molecule has 0 rings (SSSR count). The summed E-state index contributed by atoms with van der Waals surface area (Å²) in [6, 6.07) is 0. The number of aliphatic hydroxyl groups is 1. The molecule has 0 saturated carbocycles. The number of esters is 3. The summed E-state index contributed by atoms with van der Waals surface area (Å²) < 4.78 is 39.3. The summed E-state index contributed by atoms with van der Waals surface area (Å²) in [6.07, 6.45) is 43.2. The van der Waals surface area contributed by atoms with E-state index in [0.29, 0.717) is 19.3 Å². The zero-order chi connectivity index (χ0) is 47.0. The Hall–Kier alpha value is -1.78. The van der Waals surface area contributed by atoms with E-state index in [2.05, 4.69) is 32.9 Å². The van der Waals surface area contributed by atoms with Gasteiger partial charge in [-0.15, -0.1) is 0 Å². The van der Waals surface area contributed by atoms with Crippen LogP contribution < -0.4 is 0 Å². The molecular formula is C52H99O11P. The Bertz CT molecular complexity index is 1130. The first-order valence-electron chi connectivity index (χ1n) is 26.6. The van der Waals surface area contributed by atoms with Gasteiger partial charge in [0.05, 0.1) is 19.8 Å². The van der Waals surface area contributed by atoms with E-state index in [1.54, 1.807) is 0 Å². The van der Waals surface area contributed by atoms with Crippen LogP contribution in [-0.2, 0) is 42.2 Å². The van der Waals surface area contributed by atoms with Crippen molar-refractivity contribution in [3.8, 4) is 0 Å². The molecule has 0 bridgehead atoms. The second-order valence-corrected chi connectivity index (χ2v) is 19.5. The van der Waals surface area contributed by atoms with Crippen LogP contribution in [0.25, 0.3) is 0 Å². The van der Waals surface area contributed by atoms with E-state index in [-0.39, 0.29) is 25.9 Å².